The van der Waals surface area contributed by atoms with Crippen molar-refractivity contribution in [2.75, 3.05) is 19.8 Å². The van der Waals surface area contributed by atoms with Crippen molar-refractivity contribution in [2.24, 2.45) is 0 Å². The number of aromatic nitrogens is 4. The summed E-state index contributed by atoms with van der Waals surface area (Å²) in [5.74, 6) is -1.08. The van der Waals surface area contributed by atoms with Crippen molar-refractivity contribution in [3.63, 3.8) is 0 Å². The monoisotopic (exact) mass is 541 g/mol. The number of nitrogens with zero attached hydrogens (tertiary/aromatic N) is 4. The van der Waals surface area contributed by atoms with E-state index in [0.29, 0.717) is 44.3 Å². The molecule has 1 saturated heterocycles. The van der Waals surface area contributed by atoms with E-state index in [0.717, 1.165) is 36.9 Å². The summed E-state index contributed by atoms with van der Waals surface area (Å²) >= 11 is 0. The third-order valence-corrected chi connectivity index (χ3v) is 8.78. The Hall–Kier alpha value is -3.25. The van der Waals surface area contributed by atoms with Crippen molar-refractivity contribution in [2.45, 2.75) is 74.2 Å². The molecule has 9 nitrogen and oxygen atoms in total. The second-order valence-electron chi connectivity index (χ2n) is 11.5. The third kappa shape index (κ3) is 3.75. The number of nitrogens with one attached hydrogen (secondary N) is 1. The normalized spacial score (nSPS) is 26.4. The van der Waals surface area contributed by atoms with E-state index in [4.69, 9.17) is 13.9 Å². The minimum atomic E-state index is -4.81. The van der Waals surface area contributed by atoms with Crippen LogP contribution in [-0.2, 0) is 34.0 Å². The van der Waals surface area contributed by atoms with Crippen molar-refractivity contribution in [3.8, 4) is 11.3 Å². The van der Waals surface area contributed by atoms with Crippen LogP contribution in [0.3, 0.4) is 0 Å². The van der Waals surface area contributed by atoms with Gasteiger partial charge < -0.3 is 19.2 Å². The summed E-state index contributed by atoms with van der Waals surface area (Å²) in [5.41, 5.74) is 0.426. The number of amides is 1. The number of carbonyl (C=O) groups excluding carboxylic acids is 1. The van der Waals surface area contributed by atoms with E-state index in [1.165, 1.54) is 0 Å². The first-order chi connectivity index (χ1) is 18.8. The van der Waals surface area contributed by atoms with Gasteiger partial charge in [-0.25, -0.2) is 0 Å². The second-order valence-corrected chi connectivity index (χ2v) is 11.5. The van der Waals surface area contributed by atoms with Gasteiger partial charge in [0.15, 0.2) is 0 Å². The molecule has 4 fully saturated rings. The van der Waals surface area contributed by atoms with Crippen LogP contribution in [0.2, 0.25) is 0 Å². The number of rotatable bonds is 5. The molecular weight excluding hydrogens is 515 g/mol. The predicted molar refractivity (Wildman–Crippen MR) is 128 cm³/mol. The highest BCUT2D eigenvalue weighted by atomic mass is 19.4. The number of halogens is 3. The molecule has 4 heterocycles. The first kappa shape index (κ1) is 23.6. The molecule has 1 N–H and O–H groups in total. The van der Waals surface area contributed by atoms with Crippen molar-refractivity contribution in [1.29, 1.82) is 0 Å². The molecule has 1 aliphatic heterocycles. The van der Waals surface area contributed by atoms with Crippen LogP contribution < -0.4 is 5.32 Å². The van der Waals surface area contributed by atoms with Crippen LogP contribution >= 0.6 is 0 Å². The highest BCUT2D eigenvalue weighted by molar-refractivity contribution is 5.96. The maximum absolute atomic E-state index is 14.6. The highest BCUT2D eigenvalue weighted by Gasteiger charge is 2.61. The Morgan fingerprint density at radius 2 is 2.03 bits per heavy atom. The Morgan fingerprint density at radius 1 is 1.18 bits per heavy atom. The van der Waals surface area contributed by atoms with Gasteiger partial charge in [-0.1, -0.05) is 0 Å². The van der Waals surface area contributed by atoms with E-state index < -0.39 is 29.0 Å². The van der Waals surface area contributed by atoms with Gasteiger partial charge in [0, 0.05) is 42.1 Å². The lowest BCUT2D eigenvalue weighted by atomic mass is 9.82. The van der Waals surface area contributed by atoms with Gasteiger partial charge in [-0.05, 0) is 25.7 Å². The Morgan fingerprint density at radius 3 is 2.69 bits per heavy atom. The van der Waals surface area contributed by atoms with Crippen LogP contribution in [0, 0.1) is 0 Å². The maximum Gasteiger partial charge on any atom is 0.420 e. The molecule has 1 amide bonds. The van der Waals surface area contributed by atoms with Crippen LogP contribution in [0.15, 0.2) is 23.0 Å². The molecule has 2 spiro atoms. The average molecular weight is 542 g/mol. The zero-order chi connectivity index (χ0) is 26.6. The van der Waals surface area contributed by atoms with E-state index in [9.17, 15) is 18.0 Å². The summed E-state index contributed by atoms with van der Waals surface area (Å²) in [6.45, 7) is 1.40. The van der Waals surface area contributed by atoms with Crippen molar-refractivity contribution >= 4 is 5.91 Å². The van der Waals surface area contributed by atoms with Crippen molar-refractivity contribution in [1.82, 2.24) is 25.1 Å². The summed E-state index contributed by atoms with van der Waals surface area (Å²) in [5, 5.41) is 7.22. The Balaban J connectivity index is 1.13. The van der Waals surface area contributed by atoms with Gasteiger partial charge in [0.05, 0.1) is 55.6 Å². The highest BCUT2D eigenvalue weighted by Crippen LogP contribution is 2.61. The van der Waals surface area contributed by atoms with Crippen LogP contribution in [0.1, 0.15) is 82.9 Å². The molecule has 2 atom stereocenters. The van der Waals surface area contributed by atoms with Crippen molar-refractivity contribution in [3.05, 3.63) is 52.6 Å². The van der Waals surface area contributed by atoms with E-state index in [2.05, 4.69) is 20.4 Å². The first-order valence-corrected chi connectivity index (χ1v) is 13.4. The number of ether oxygens (including phenoxy) is 2. The quantitative estimate of drug-likeness (QED) is 0.519. The summed E-state index contributed by atoms with van der Waals surface area (Å²) in [4.78, 5) is 21.7. The molecule has 3 aromatic rings. The molecule has 12 heteroatoms. The van der Waals surface area contributed by atoms with E-state index in [1.54, 1.807) is 17.1 Å². The fourth-order valence-corrected chi connectivity index (χ4v) is 6.21. The smallest absolute Gasteiger partial charge is 0.420 e. The van der Waals surface area contributed by atoms with Gasteiger partial charge in [0.2, 0.25) is 5.76 Å². The topological polar surface area (TPSA) is 104 Å². The Bertz CT molecular complexity index is 1480. The number of furan rings is 1. The molecular formula is C27H26F3N5O4. The van der Waals surface area contributed by atoms with Gasteiger partial charge in [-0.2, -0.15) is 18.3 Å². The maximum atomic E-state index is 14.6. The molecule has 1 unspecified atom stereocenters. The third-order valence-electron chi connectivity index (χ3n) is 8.78. The Labute approximate surface area is 221 Å². The van der Waals surface area contributed by atoms with E-state index >= 15 is 0 Å². The molecule has 8 rings (SSSR count). The van der Waals surface area contributed by atoms with Crippen LogP contribution in [0.5, 0.6) is 0 Å². The number of alkyl halides is 3. The minimum Gasteiger partial charge on any atom is -0.454 e. The molecule has 0 radical (unpaired) electrons. The van der Waals surface area contributed by atoms with Gasteiger partial charge in [0.25, 0.3) is 5.91 Å². The molecule has 204 valence electrons. The van der Waals surface area contributed by atoms with Gasteiger partial charge in [-0.3, -0.25) is 19.4 Å². The zero-order valence-electron chi connectivity index (χ0n) is 21.0. The lowest BCUT2D eigenvalue weighted by Crippen LogP contribution is -2.33. The molecule has 39 heavy (non-hydrogen) atoms. The number of hydrogen-bond acceptors (Lipinski definition) is 7. The molecule has 3 saturated carbocycles. The molecule has 3 aromatic heterocycles. The number of carbonyl (C=O) groups is 1. The standard InChI is InChI=1S/C27H26F3N5O4/c28-27(29,30)21-20-18(39-23(21)24(36)33-10-15-9-32-17(11-31-15)14-1-2-14)7-25(3-4-25)16-12-35(34-22(16)20)19-8-26(19)13-37-5-6-38-26/h9,11-12,14,19H,1-8,10,13H2,(H,33,36)/t19-,26?/m1/s1. The van der Waals surface area contributed by atoms with Crippen LogP contribution in [0.25, 0.3) is 11.3 Å². The van der Waals surface area contributed by atoms with E-state index in [1.807, 2.05) is 6.20 Å². The fraction of sp³-hybridized carbons (Fsp3) is 0.556. The fourth-order valence-electron chi connectivity index (χ4n) is 6.21. The summed E-state index contributed by atoms with van der Waals surface area (Å²) in [6.07, 6.45) is 5.10. The van der Waals surface area contributed by atoms with Crippen molar-refractivity contribution < 1.29 is 31.9 Å². The first-order valence-electron chi connectivity index (χ1n) is 13.4. The van der Waals surface area contributed by atoms with Gasteiger partial charge in [0.1, 0.15) is 22.6 Å². The van der Waals surface area contributed by atoms with Crippen LogP contribution in [0.4, 0.5) is 13.2 Å². The lowest BCUT2D eigenvalue weighted by Gasteiger charge is -2.23. The summed E-state index contributed by atoms with van der Waals surface area (Å²) in [7, 11) is 0. The molecule has 0 bridgehead atoms. The van der Waals surface area contributed by atoms with Gasteiger partial charge in [-0.15, -0.1) is 0 Å². The van der Waals surface area contributed by atoms with Gasteiger partial charge >= 0.3 is 6.18 Å². The molecule has 0 aromatic carbocycles. The average Bonchev–Trinajstić information content (AvgIpc) is 3.87. The lowest BCUT2D eigenvalue weighted by molar-refractivity contribution is -0.137. The largest absolute Gasteiger partial charge is 0.454 e. The number of fused-ring (bicyclic) bond motifs is 4. The van der Waals surface area contributed by atoms with E-state index in [-0.39, 0.29) is 35.0 Å². The van der Waals surface area contributed by atoms with Crippen LogP contribution in [-0.4, -0.2) is 51.1 Å². The molecule has 5 aliphatic rings. The molecule has 4 aliphatic carbocycles. The minimum absolute atomic E-state index is 0.0604. The summed E-state index contributed by atoms with van der Waals surface area (Å²) in [6, 6.07) is -0.0981. The summed E-state index contributed by atoms with van der Waals surface area (Å²) < 4.78 is 62.7. The second kappa shape index (κ2) is 7.91. The zero-order valence-corrected chi connectivity index (χ0v) is 21.0. The predicted octanol–water partition coefficient (Wildman–Crippen LogP) is 4.08. The Kier molecular flexibility index (Phi) is 4.79. The SMILES string of the molecule is O=C(NCc1cnc(C2CC2)cn1)c1oc2c(c1C(F)(F)F)-c1nn([C@@H]3CC34COCCO4)cc1C1(CC1)C2. The number of hydrogen-bond donors (Lipinski definition) is 1.